The van der Waals surface area contributed by atoms with Gasteiger partial charge in [-0.1, -0.05) is 41.9 Å². The Morgan fingerprint density at radius 2 is 1.67 bits per heavy atom. The van der Waals surface area contributed by atoms with E-state index in [1.165, 1.54) is 60.4 Å². The number of hydrogen-bond donors (Lipinski definition) is 0. The van der Waals surface area contributed by atoms with Gasteiger partial charge in [0.15, 0.2) is 5.78 Å². The Morgan fingerprint density at radius 3 is 2.31 bits per heavy atom. The maximum absolute atomic E-state index is 13.8. The lowest BCUT2D eigenvalue weighted by Crippen LogP contribution is -2.32. The molecule has 1 amide bonds. The van der Waals surface area contributed by atoms with Crippen LogP contribution in [0.4, 0.5) is 20.6 Å². The molecule has 0 aromatic heterocycles. The lowest BCUT2D eigenvalue weighted by molar-refractivity contribution is -0.158. The summed E-state index contributed by atoms with van der Waals surface area (Å²) in [5, 5.41) is 0.117. The minimum Gasteiger partial charge on any atom is -0.422 e. The summed E-state index contributed by atoms with van der Waals surface area (Å²) < 4.78 is 24.2. The Balaban J connectivity index is 1.99. The summed E-state index contributed by atoms with van der Waals surface area (Å²) in [6, 6.07) is 15.5. The fraction of sp³-hybridized carbons (Fsp3) is 0.179. The molecule has 0 N–H and O–H groups in total. The average Bonchev–Trinajstić information content (AvgIpc) is 2.80. The molecule has 0 bridgehead atoms. The zero-order valence-electron chi connectivity index (χ0n) is 20.2. The second kappa shape index (κ2) is 11.6. The molecule has 0 aliphatic heterocycles. The van der Waals surface area contributed by atoms with Crippen molar-refractivity contribution in [2.45, 2.75) is 34.0 Å². The highest BCUT2D eigenvalue weighted by Crippen LogP contribution is 2.33. The first-order chi connectivity index (χ1) is 17.1. The van der Waals surface area contributed by atoms with Crippen LogP contribution >= 0.6 is 11.6 Å². The average molecular weight is 510 g/mol. The summed E-state index contributed by atoms with van der Waals surface area (Å²) in [4.78, 5) is 39.2. The van der Waals surface area contributed by atoms with Crippen molar-refractivity contribution in [3.63, 3.8) is 0 Å². The van der Waals surface area contributed by atoms with E-state index < -0.39 is 24.2 Å². The van der Waals surface area contributed by atoms with Crippen LogP contribution < -0.4 is 4.90 Å². The third kappa shape index (κ3) is 6.17. The van der Waals surface area contributed by atoms with E-state index >= 15 is 0 Å². The van der Waals surface area contributed by atoms with Crippen molar-refractivity contribution in [3.8, 4) is 0 Å². The molecule has 0 aliphatic rings. The number of amides is 1. The van der Waals surface area contributed by atoms with E-state index in [9.17, 15) is 18.8 Å². The molecule has 3 aromatic rings. The molecular formula is C28H25ClFNO5. The molecule has 3 rings (SSSR count). The molecule has 0 heterocycles. The van der Waals surface area contributed by atoms with Gasteiger partial charge in [-0.3, -0.25) is 4.79 Å². The molecule has 186 valence electrons. The maximum atomic E-state index is 13.8. The minimum absolute atomic E-state index is 0.117. The standard InChI is InChI=1S/C28H25ClFNO5/c1-5-8-26(32)35-19(4)36-28(34)31(25-14-11-20(30)15-18(25)3)21-12-13-23(24(29)16-21)27(33)22-10-7-6-9-17(22)2/h5-16,19H,1-4H3/b8-5+. The summed E-state index contributed by atoms with van der Waals surface area (Å²) in [6.45, 7) is 6.50. The smallest absolute Gasteiger partial charge is 0.422 e. The Hall–Kier alpha value is -3.97. The molecule has 36 heavy (non-hydrogen) atoms. The van der Waals surface area contributed by atoms with Gasteiger partial charge >= 0.3 is 12.1 Å². The first-order valence-electron chi connectivity index (χ1n) is 11.1. The summed E-state index contributed by atoms with van der Waals surface area (Å²) in [6.07, 6.45) is 0.588. The van der Waals surface area contributed by atoms with Crippen LogP contribution in [0.5, 0.6) is 0 Å². The van der Waals surface area contributed by atoms with Gasteiger partial charge in [-0.2, -0.15) is 0 Å². The van der Waals surface area contributed by atoms with Crippen LogP contribution in [0.1, 0.15) is 40.9 Å². The number of carbonyl (C=O) groups excluding carboxylic acids is 3. The van der Waals surface area contributed by atoms with E-state index in [2.05, 4.69) is 0 Å². The minimum atomic E-state index is -1.21. The first-order valence-corrected chi connectivity index (χ1v) is 11.5. The number of allylic oxidation sites excluding steroid dienone is 1. The number of rotatable bonds is 7. The number of ether oxygens (including phenoxy) is 2. The summed E-state index contributed by atoms with van der Waals surface area (Å²) in [7, 11) is 0. The number of hydrogen-bond acceptors (Lipinski definition) is 5. The number of ketones is 1. The molecule has 8 heteroatoms. The molecule has 1 unspecified atom stereocenters. The summed E-state index contributed by atoms with van der Waals surface area (Å²) in [5.41, 5.74) is 2.61. The van der Waals surface area contributed by atoms with Gasteiger partial charge < -0.3 is 9.47 Å². The normalized spacial score (nSPS) is 11.7. The third-order valence-corrected chi connectivity index (χ3v) is 5.59. The molecule has 3 aromatic carbocycles. The van der Waals surface area contributed by atoms with Crippen molar-refractivity contribution in [2.75, 3.05) is 4.90 Å². The molecule has 0 aliphatic carbocycles. The van der Waals surface area contributed by atoms with Crippen LogP contribution in [-0.2, 0) is 14.3 Å². The van der Waals surface area contributed by atoms with Crippen molar-refractivity contribution in [3.05, 3.63) is 106 Å². The topological polar surface area (TPSA) is 72.9 Å². The van der Waals surface area contributed by atoms with Crippen molar-refractivity contribution in [1.29, 1.82) is 0 Å². The van der Waals surface area contributed by atoms with Crippen LogP contribution in [0, 0.1) is 19.7 Å². The number of anilines is 2. The molecule has 0 saturated heterocycles. The molecule has 0 radical (unpaired) electrons. The van der Waals surface area contributed by atoms with Crippen molar-refractivity contribution < 1.29 is 28.2 Å². The van der Waals surface area contributed by atoms with E-state index in [1.54, 1.807) is 26.0 Å². The summed E-state index contributed by atoms with van der Waals surface area (Å²) in [5.74, 6) is -1.42. The van der Waals surface area contributed by atoms with E-state index in [4.69, 9.17) is 21.1 Å². The predicted octanol–water partition coefficient (Wildman–Crippen LogP) is 7.07. The summed E-state index contributed by atoms with van der Waals surface area (Å²) >= 11 is 6.50. The Bertz CT molecular complexity index is 1340. The number of nitrogens with zero attached hydrogens (tertiary/aromatic N) is 1. The van der Waals surface area contributed by atoms with Gasteiger partial charge in [0, 0.05) is 24.1 Å². The van der Waals surface area contributed by atoms with Gasteiger partial charge in [-0.15, -0.1) is 0 Å². The SMILES string of the molecule is C/C=C/C(=O)OC(C)OC(=O)N(c1ccc(C(=O)c2ccccc2C)c(Cl)c1)c1ccc(F)cc1C. The molecule has 1 atom stereocenters. The van der Waals surface area contributed by atoms with Crippen molar-refractivity contribution in [1.82, 2.24) is 0 Å². The second-order valence-corrected chi connectivity index (χ2v) is 8.37. The van der Waals surface area contributed by atoms with E-state index in [-0.39, 0.29) is 22.1 Å². The van der Waals surface area contributed by atoms with E-state index in [0.29, 0.717) is 16.8 Å². The van der Waals surface area contributed by atoms with Gasteiger partial charge in [-0.25, -0.2) is 18.9 Å². The number of aryl methyl sites for hydroxylation is 2. The maximum Gasteiger partial charge on any atom is 0.422 e. The number of carbonyl (C=O) groups is 3. The van der Waals surface area contributed by atoms with Gasteiger partial charge in [0.05, 0.1) is 16.4 Å². The highest BCUT2D eigenvalue weighted by Gasteiger charge is 2.26. The Labute approximate surface area is 213 Å². The number of esters is 1. The number of halogens is 2. The van der Waals surface area contributed by atoms with Crippen molar-refractivity contribution in [2.24, 2.45) is 0 Å². The quantitative estimate of drug-likeness (QED) is 0.147. The Kier molecular flexibility index (Phi) is 8.61. The van der Waals surface area contributed by atoms with Gasteiger partial charge in [-0.05, 0) is 68.3 Å². The zero-order chi connectivity index (χ0) is 26.4. The third-order valence-electron chi connectivity index (χ3n) is 5.28. The molecule has 0 fully saturated rings. The molecule has 6 nitrogen and oxygen atoms in total. The molecule has 0 saturated carbocycles. The van der Waals surface area contributed by atoms with Gasteiger partial charge in [0.2, 0.25) is 6.29 Å². The van der Waals surface area contributed by atoms with Crippen LogP contribution in [0.25, 0.3) is 0 Å². The van der Waals surface area contributed by atoms with Crippen LogP contribution in [0.3, 0.4) is 0 Å². The fourth-order valence-electron chi connectivity index (χ4n) is 3.57. The lowest BCUT2D eigenvalue weighted by atomic mass is 9.99. The van der Waals surface area contributed by atoms with Crippen LogP contribution in [0.15, 0.2) is 72.8 Å². The fourth-order valence-corrected chi connectivity index (χ4v) is 3.83. The van der Waals surface area contributed by atoms with Crippen LogP contribution in [0.2, 0.25) is 5.02 Å². The van der Waals surface area contributed by atoms with Crippen molar-refractivity contribution >= 4 is 40.8 Å². The Morgan fingerprint density at radius 1 is 0.944 bits per heavy atom. The molecular weight excluding hydrogens is 485 g/mol. The van der Waals surface area contributed by atoms with E-state index in [0.717, 1.165) is 5.56 Å². The largest absolute Gasteiger partial charge is 0.422 e. The number of benzene rings is 3. The first kappa shape index (κ1) is 26.6. The van der Waals surface area contributed by atoms with Crippen LogP contribution in [-0.4, -0.2) is 24.1 Å². The highest BCUT2D eigenvalue weighted by atomic mass is 35.5. The lowest BCUT2D eigenvalue weighted by Gasteiger charge is -2.26. The predicted molar refractivity (Wildman–Crippen MR) is 136 cm³/mol. The van der Waals surface area contributed by atoms with E-state index in [1.807, 2.05) is 19.1 Å². The monoisotopic (exact) mass is 509 g/mol. The van der Waals surface area contributed by atoms with Gasteiger partial charge in [0.25, 0.3) is 0 Å². The zero-order valence-corrected chi connectivity index (χ0v) is 21.0. The molecule has 0 spiro atoms. The second-order valence-electron chi connectivity index (χ2n) is 7.96. The highest BCUT2D eigenvalue weighted by molar-refractivity contribution is 6.35. The van der Waals surface area contributed by atoms with Gasteiger partial charge in [0.1, 0.15) is 5.82 Å².